The van der Waals surface area contributed by atoms with Crippen LogP contribution in [0.15, 0.2) is 0 Å². The third-order valence-corrected chi connectivity index (χ3v) is 10.5. The second-order valence-corrected chi connectivity index (χ2v) is 12.3. The first kappa shape index (κ1) is 24.6. The molecule has 0 spiro atoms. The molecule has 184 valence electrons. The lowest BCUT2D eigenvalue weighted by molar-refractivity contribution is -0.158. The summed E-state index contributed by atoms with van der Waals surface area (Å²) in [6.45, 7) is 4.69. The molecule has 2 heteroatoms. The maximum atomic E-state index is 12.9. The minimum absolute atomic E-state index is 0.155. The van der Waals surface area contributed by atoms with Gasteiger partial charge in [0.05, 0.1) is 5.92 Å². The molecule has 0 aromatic carbocycles. The molecule has 0 heterocycles. The molecule has 0 atom stereocenters. The van der Waals surface area contributed by atoms with Crippen LogP contribution >= 0.6 is 0 Å². The van der Waals surface area contributed by atoms with Gasteiger partial charge in [0.1, 0.15) is 6.10 Å². The fourth-order valence-corrected chi connectivity index (χ4v) is 8.19. The Hall–Kier alpha value is -0.530. The van der Waals surface area contributed by atoms with Crippen LogP contribution < -0.4 is 0 Å². The first-order valence-corrected chi connectivity index (χ1v) is 14.9. The Labute approximate surface area is 199 Å². The predicted molar refractivity (Wildman–Crippen MR) is 133 cm³/mol. The van der Waals surface area contributed by atoms with Crippen molar-refractivity contribution >= 4 is 5.97 Å². The molecule has 32 heavy (non-hydrogen) atoms. The standard InChI is InChI=1S/C30H52O2/c1-3-5-23-8-12-25(13-9-23)26-14-16-28(17-15-26)30(31)32-29-20-18-27(19-21-29)24-10-6-22(4-2)7-11-24/h22-29H,3-21H2,1-2H3. The highest BCUT2D eigenvalue weighted by Gasteiger charge is 2.36. The van der Waals surface area contributed by atoms with E-state index in [0.29, 0.717) is 0 Å². The van der Waals surface area contributed by atoms with Gasteiger partial charge in [-0.1, -0.05) is 58.8 Å². The summed E-state index contributed by atoms with van der Waals surface area (Å²) >= 11 is 0. The molecule has 0 aliphatic heterocycles. The van der Waals surface area contributed by atoms with Gasteiger partial charge >= 0.3 is 5.97 Å². The Balaban J connectivity index is 1.12. The van der Waals surface area contributed by atoms with Crippen molar-refractivity contribution in [3.05, 3.63) is 0 Å². The second-order valence-electron chi connectivity index (χ2n) is 12.3. The molecule has 0 N–H and O–H groups in total. The molecule has 4 rings (SSSR count). The lowest BCUT2D eigenvalue weighted by atomic mass is 9.68. The van der Waals surface area contributed by atoms with Crippen LogP contribution in [0.4, 0.5) is 0 Å². The van der Waals surface area contributed by atoms with Gasteiger partial charge in [-0.05, 0) is 113 Å². The Morgan fingerprint density at radius 2 is 1.03 bits per heavy atom. The average Bonchev–Trinajstić information content (AvgIpc) is 2.85. The molecule has 2 nitrogen and oxygen atoms in total. The van der Waals surface area contributed by atoms with Gasteiger partial charge < -0.3 is 4.74 Å². The van der Waals surface area contributed by atoms with Gasteiger partial charge in [-0.3, -0.25) is 4.79 Å². The van der Waals surface area contributed by atoms with Gasteiger partial charge in [-0.15, -0.1) is 0 Å². The van der Waals surface area contributed by atoms with Crippen molar-refractivity contribution in [2.45, 2.75) is 142 Å². The molecule has 0 unspecified atom stereocenters. The minimum Gasteiger partial charge on any atom is -0.462 e. The van der Waals surface area contributed by atoms with E-state index in [2.05, 4.69) is 13.8 Å². The van der Waals surface area contributed by atoms with Crippen molar-refractivity contribution in [2.75, 3.05) is 0 Å². The van der Waals surface area contributed by atoms with Crippen molar-refractivity contribution in [2.24, 2.45) is 41.4 Å². The van der Waals surface area contributed by atoms with Crippen LogP contribution in [-0.4, -0.2) is 12.1 Å². The van der Waals surface area contributed by atoms with E-state index >= 15 is 0 Å². The van der Waals surface area contributed by atoms with Gasteiger partial charge in [0.25, 0.3) is 0 Å². The monoisotopic (exact) mass is 444 g/mol. The van der Waals surface area contributed by atoms with Crippen LogP contribution in [0.25, 0.3) is 0 Å². The number of carbonyl (C=O) groups is 1. The summed E-state index contributed by atoms with van der Waals surface area (Å²) in [5, 5.41) is 0. The predicted octanol–water partition coefficient (Wildman–Crippen LogP) is 8.72. The summed E-state index contributed by atoms with van der Waals surface area (Å²) in [6.07, 6.45) is 25.6. The van der Waals surface area contributed by atoms with E-state index < -0.39 is 0 Å². The smallest absolute Gasteiger partial charge is 0.309 e. The molecular formula is C30H52O2. The van der Waals surface area contributed by atoms with Crippen LogP contribution in [0.1, 0.15) is 136 Å². The lowest BCUT2D eigenvalue weighted by Crippen LogP contribution is -2.33. The molecule has 0 amide bonds. The van der Waals surface area contributed by atoms with Gasteiger partial charge in [0, 0.05) is 0 Å². The highest BCUT2D eigenvalue weighted by molar-refractivity contribution is 5.72. The first-order valence-electron chi connectivity index (χ1n) is 14.9. The van der Waals surface area contributed by atoms with Gasteiger partial charge in [-0.2, -0.15) is 0 Å². The second kappa shape index (κ2) is 12.3. The van der Waals surface area contributed by atoms with Gasteiger partial charge in [0.2, 0.25) is 0 Å². The molecule has 4 aliphatic rings. The quantitative estimate of drug-likeness (QED) is 0.367. The lowest BCUT2D eigenvalue weighted by Gasteiger charge is -2.39. The number of esters is 1. The Bertz CT molecular complexity index is 539. The molecule has 4 saturated carbocycles. The van der Waals surface area contributed by atoms with E-state index in [0.717, 1.165) is 61.2 Å². The summed E-state index contributed by atoms with van der Waals surface area (Å²) in [5.74, 6) is 6.06. The zero-order valence-electron chi connectivity index (χ0n) is 21.4. The summed E-state index contributed by atoms with van der Waals surface area (Å²) in [4.78, 5) is 12.9. The summed E-state index contributed by atoms with van der Waals surface area (Å²) in [6, 6.07) is 0. The van der Waals surface area contributed by atoms with Crippen LogP contribution in [0, 0.1) is 41.4 Å². The fraction of sp³-hybridized carbons (Fsp3) is 0.967. The molecule has 0 saturated heterocycles. The van der Waals surface area contributed by atoms with Crippen molar-refractivity contribution in [1.29, 1.82) is 0 Å². The molecule has 0 bridgehead atoms. The van der Waals surface area contributed by atoms with Crippen molar-refractivity contribution in [3.8, 4) is 0 Å². The molecule has 0 aromatic heterocycles. The highest BCUT2D eigenvalue weighted by atomic mass is 16.5. The van der Waals surface area contributed by atoms with E-state index in [4.69, 9.17) is 4.74 Å². The Morgan fingerprint density at radius 1 is 0.594 bits per heavy atom. The van der Waals surface area contributed by atoms with Crippen LogP contribution in [0.3, 0.4) is 0 Å². The van der Waals surface area contributed by atoms with Crippen LogP contribution in [-0.2, 0) is 9.53 Å². The van der Waals surface area contributed by atoms with E-state index in [9.17, 15) is 4.79 Å². The van der Waals surface area contributed by atoms with E-state index in [1.807, 2.05) is 0 Å². The highest BCUT2D eigenvalue weighted by Crippen LogP contribution is 2.44. The molecule has 4 fully saturated rings. The SMILES string of the molecule is CCCC1CCC(C2CCC(C(=O)OC3CCC(C4CCC(CC)CC4)CC3)CC2)CC1. The normalized spacial score (nSPS) is 41.2. The van der Waals surface area contributed by atoms with Gasteiger partial charge in [-0.25, -0.2) is 0 Å². The van der Waals surface area contributed by atoms with Crippen molar-refractivity contribution in [3.63, 3.8) is 0 Å². The number of rotatable bonds is 7. The van der Waals surface area contributed by atoms with E-state index in [-0.39, 0.29) is 18.0 Å². The van der Waals surface area contributed by atoms with E-state index in [1.54, 1.807) is 0 Å². The van der Waals surface area contributed by atoms with Crippen molar-refractivity contribution in [1.82, 2.24) is 0 Å². The summed E-state index contributed by atoms with van der Waals surface area (Å²) in [7, 11) is 0. The maximum absolute atomic E-state index is 12.9. The first-order chi connectivity index (χ1) is 15.7. The topological polar surface area (TPSA) is 26.3 Å². The Kier molecular flexibility index (Phi) is 9.42. The number of carbonyl (C=O) groups excluding carboxylic acids is 1. The van der Waals surface area contributed by atoms with E-state index in [1.165, 1.54) is 96.3 Å². The minimum atomic E-state index is 0.155. The molecule has 4 aliphatic carbocycles. The summed E-state index contributed by atoms with van der Waals surface area (Å²) in [5.41, 5.74) is 0. The van der Waals surface area contributed by atoms with Crippen molar-refractivity contribution < 1.29 is 9.53 Å². The average molecular weight is 445 g/mol. The number of hydrogen-bond acceptors (Lipinski definition) is 2. The molecule has 0 radical (unpaired) electrons. The van der Waals surface area contributed by atoms with Crippen LogP contribution in [0.5, 0.6) is 0 Å². The van der Waals surface area contributed by atoms with Gasteiger partial charge in [0.15, 0.2) is 0 Å². The molecular weight excluding hydrogens is 392 g/mol. The van der Waals surface area contributed by atoms with Crippen LogP contribution in [0.2, 0.25) is 0 Å². The Morgan fingerprint density at radius 3 is 1.50 bits per heavy atom. The molecule has 0 aromatic rings. The number of ether oxygens (including phenoxy) is 1. The third kappa shape index (κ3) is 6.53. The third-order valence-electron chi connectivity index (χ3n) is 10.5. The fourth-order valence-electron chi connectivity index (χ4n) is 8.19. The maximum Gasteiger partial charge on any atom is 0.309 e. The number of hydrogen-bond donors (Lipinski definition) is 0. The summed E-state index contributed by atoms with van der Waals surface area (Å²) < 4.78 is 6.08. The zero-order chi connectivity index (χ0) is 22.3. The largest absolute Gasteiger partial charge is 0.462 e. The zero-order valence-corrected chi connectivity index (χ0v) is 21.4.